The Morgan fingerprint density at radius 1 is 1.46 bits per heavy atom. The first-order valence-electron chi connectivity index (χ1n) is 5.06. The summed E-state index contributed by atoms with van der Waals surface area (Å²) in [7, 11) is 0. The average molecular weight is 184 g/mol. The minimum absolute atomic E-state index is 0.208. The maximum Gasteiger partial charge on any atom is 0.231 e. The Hall–Kier alpha value is -0.570. The van der Waals surface area contributed by atoms with Crippen LogP contribution in [0, 0.1) is 5.41 Å². The fourth-order valence-electron chi connectivity index (χ4n) is 1.82. The molecule has 0 radical (unpaired) electrons. The Morgan fingerprint density at radius 2 is 2.00 bits per heavy atom. The quantitative estimate of drug-likeness (QED) is 0.711. The molecule has 76 valence electrons. The predicted molar refractivity (Wildman–Crippen MR) is 53.3 cm³/mol. The fourth-order valence-corrected chi connectivity index (χ4v) is 1.82. The van der Waals surface area contributed by atoms with Gasteiger partial charge in [0.15, 0.2) is 0 Å². The van der Waals surface area contributed by atoms with Gasteiger partial charge in [0.05, 0.1) is 6.54 Å². The van der Waals surface area contributed by atoms with E-state index in [1.165, 1.54) is 19.3 Å². The Morgan fingerprint density at radius 3 is 2.38 bits per heavy atom. The largest absolute Gasteiger partial charge is 0.369 e. The van der Waals surface area contributed by atoms with Crippen molar-refractivity contribution in [2.24, 2.45) is 11.1 Å². The predicted octanol–water partition coefficient (Wildman–Crippen LogP) is 0.984. The van der Waals surface area contributed by atoms with Crippen molar-refractivity contribution < 1.29 is 4.79 Å². The highest BCUT2D eigenvalue weighted by Gasteiger charge is 2.28. The number of carbonyl (C=O) groups excluding carboxylic acids is 1. The molecule has 1 aliphatic rings. The van der Waals surface area contributed by atoms with E-state index >= 15 is 0 Å². The van der Waals surface area contributed by atoms with Crippen molar-refractivity contribution in [1.29, 1.82) is 0 Å². The summed E-state index contributed by atoms with van der Waals surface area (Å²) in [6.45, 7) is 7.04. The molecule has 0 unspecified atom stereocenters. The summed E-state index contributed by atoms with van der Waals surface area (Å²) < 4.78 is 0. The average Bonchev–Trinajstić information content (AvgIpc) is 2.09. The zero-order valence-corrected chi connectivity index (χ0v) is 8.68. The highest BCUT2D eigenvalue weighted by molar-refractivity contribution is 5.75. The zero-order chi connectivity index (χ0) is 9.90. The van der Waals surface area contributed by atoms with E-state index in [1.54, 1.807) is 0 Å². The maximum absolute atomic E-state index is 10.7. The first-order valence-corrected chi connectivity index (χ1v) is 5.06. The standard InChI is InChI=1S/C10H20N2O/c1-3-10(2)4-6-12(7-5-10)8-9(11)13/h3-8H2,1-2H3,(H2,11,13). The van der Waals surface area contributed by atoms with Gasteiger partial charge >= 0.3 is 0 Å². The van der Waals surface area contributed by atoms with Crippen LogP contribution in [0.2, 0.25) is 0 Å². The summed E-state index contributed by atoms with van der Waals surface area (Å²) in [4.78, 5) is 12.8. The topological polar surface area (TPSA) is 46.3 Å². The number of nitrogens with zero attached hydrogens (tertiary/aromatic N) is 1. The fraction of sp³-hybridized carbons (Fsp3) is 0.900. The zero-order valence-electron chi connectivity index (χ0n) is 8.68. The van der Waals surface area contributed by atoms with Gasteiger partial charge < -0.3 is 5.73 Å². The van der Waals surface area contributed by atoms with Gasteiger partial charge in [-0.1, -0.05) is 20.3 Å². The summed E-state index contributed by atoms with van der Waals surface area (Å²) in [6, 6.07) is 0. The van der Waals surface area contributed by atoms with Gasteiger partial charge in [-0.25, -0.2) is 0 Å². The van der Waals surface area contributed by atoms with Crippen LogP contribution >= 0.6 is 0 Å². The molecule has 0 aromatic carbocycles. The lowest BCUT2D eigenvalue weighted by atomic mass is 9.78. The molecule has 1 rings (SSSR count). The molecule has 0 atom stereocenters. The summed E-state index contributed by atoms with van der Waals surface area (Å²) in [5, 5.41) is 0. The van der Waals surface area contributed by atoms with E-state index in [0.29, 0.717) is 12.0 Å². The molecule has 1 fully saturated rings. The Bertz CT molecular complexity index is 183. The first kappa shape index (κ1) is 10.5. The van der Waals surface area contributed by atoms with Gasteiger partial charge in [-0.15, -0.1) is 0 Å². The van der Waals surface area contributed by atoms with Crippen LogP contribution in [0.25, 0.3) is 0 Å². The van der Waals surface area contributed by atoms with Crippen molar-refractivity contribution in [3.8, 4) is 0 Å². The highest BCUT2D eigenvalue weighted by atomic mass is 16.1. The molecule has 0 aliphatic carbocycles. The summed E-state index contributed by atoms with van der Waals surface area (Å²) >= 11 is 0. The molecular weight excluding hydrogens is 164 g/mol. The number of amides is 1. The van der Waals surface area contributed by atoms with E-state index in [-0.39, 0.29) is 5.91 Å². The normalized spacial score (nSPS) is 22.9. The van der Waals surface area contributed by atoms with E-state index < -0.39 is 0 Å². The number of carbonyl (C=O) groups is 1. The smallest absolute Gasteiger partial charge is 0.231 e. The van der Waals surface area contributed by atoms with E-state index in [1.807, 2.05) is 0 Å². The maximum atomic E-state index is 10.7. The second-order valence-corrected chi connectivity index (χ2v) is 4.41. The van der Waals surface area contributed by atoms with Crippen LogP contribution in [0.1, 0.15) is 33.1 Å². The number of piperidine rings is 1. The van der Waals surface area contributed by atoms with Crippen molar-refractivity contribution in [2.45, 2.75) is 33.1 Å². The number of nitrogens with two attached hydrogens (primary N) is 1. The molecule has 2 N–H and O–H groups in total. The minimum atomic E-state index is -0.208. The molecule has 1 aliphatic heterocycles. The number of primary amides is 1. The molecule has 1 heterocycles. The monoisotopic (exact) mass is 184 g/mol. The summed E-state index contributed by atoms with van der Waals surface area (Å²) in [5.41, 5.74) is 5.64. The van der Waals surface area contributed by atoms with Crippen LogP contribution in [0.5, 0.6) is 0 Å². The van der Waals surface area contributed by atoms with Gasteiger partial charge in [-0.05, 0) is 31.3 Å². The molecule has 1 saturated heterocycles. The van der Waals surface area contributed by atoms with Crippen LogP contribution in [-0.4, -0.2) is 30.4 Å². The van der Waals surface area contributed by atoms with Crippen molar-refractivity contribution in [1.82, 2.24) is 4.90 Å². The number of likely N-dealkylation sites (tertiary alicyclic amines) is 1. The number of hydrogen-bond acceptors (Lipinski definition) is 2. The lowest BCUT2D eigenvalue weighted by Crippen LogP contribution is -2.42. The number of rotatable bonds is 3. The summed E-state index contributed by atoms with van der Waals surface area (Å²) in [5.74, 6) is -0.208. The van der Waals surface area contributed by atoms with Gasteiger partial charge in [0.2, 0.25) is 5.91 Å². The first-order chi connectivity index (χ1) is 6.06. The molecule has 0 saturated carbocycles. The molecule has 13 heavy (non-hydrogen) atoms. The Kier molecular flexibility index (Phi) is 3.31. The molecule has 3 heteroatoms. The van der Waals surface area contributed by atoms with Crippen molar-refractivity contribution in [3.63, 3.8) is 0 Å². The van der Waals surface area contributed by atoms with Crippen LogP contribution in [0.3, 0.4) is 0 Å². The second-order valence-electron chi connectivity index (χ2n) is 4.41. The van der Waals surface area contributed by atoms with Crippen molar-refractivity contribution >= 4 is 5.91 Å². The van der Waals surface area contributed by atoms with E-state index in [4.69, 9.17) is 5.73 Å². The third-order valence-electron chi connectivity index (χ3n) is 3.30. The molecule has 0 aromatic heterocycles. The van der Waals surface area contributed by atoms with Gasteiger partial charge in [0.1, 0.15) is 0 Å². The molecular formula is C10H20N2O. The second kappa shape index (κ2) is 4.09. The lowest BCUT2D eigenvalue weighted by molar-refractivity contribution is -0.119. The van der Waals surface area contributed by atoms with Crippen LogP contribution in [-0.2, 0) is 4.79 Å². The SMILES string of the molecule is CCC1(C)CCN(CC(N)=O)CC1. The Balaban J connectivity index is 2.34. The molecule has 1 amide bonds. The van der Waals surface area contributed by atoms with E-state index in [0.717, 1.165) is 13.1 Å². The van der Waals surface area contributed by atoms with Crippen LogP contribution in [0.15, 0.2) is 0 Å². The molecule has 0 spiro atoms. The van der Waals surface area contributed by atoms with Crippen molar-refractivity contribution in [3.05, 3.63) is 0 Å². The van der Waals surface area contributed by atoms with E-state index in [9.17, 15) is 4.79 Å². The summed E-state index contributed by atoms with van der Waals surface area (Å²) in [6.07, 6.45) is 3.62. The van der Waals surface area contributed by atoms with Crippen LogP contribution in [0.4, 0.5) is 0 Å². The van der Waals surface area contributed by atoms with Crippen LogP contribution < -0.4 is 5.73 Å². The number of hydrogen-bond donors (Lipinski definition) is 1. The lowest BCUT2D eigenvalue weighted by Gasteiger charge is -2.38. The highest BCUT2D eigenvalue weighted by Crippen LogP contribution is 2.33. The third kappa shape index (κ3) is 2.99. The van der Waals surface area contributed by atoms with E-state index in [2.05, 4.69) is 18.7 Å². The molecule has 0 aromatic rings. The van der Waals surface area contributed by atoms with Gasteiger partial charge in [0.25, 0.3) is 0 Å². The van der Waals surface area contributed by atoms with Gasteiger partial charge in [-0.2, -0.15) is 0 Å². The molecule has 0 bridgehead atoms. The van der Waals surface area contributed by atoms with Crippen molar-refractivity contribution in [2.75, 3.05) is 19.6 Å². The molecule has 3 nitrogen and oxygen atoms in total. The third-order valence-corrected chi connectivity index (χ3v) is 3.30. The van der Waals surface area contributed by atoms with Gasteiger partial charge in [0, 0.05) is 0 Å². The Labute approximate surface area is 80.3 Å². The van der Waals surface area contributed by atoms with Gasteiger partial charge in [-0.3, -0.25) is 9.69 Å². The minimum Gasteiger partial charge on any atom is -0.369 e.